The molecule has 0 amide bonds. The van der Waals surface area contributed by atoms with Gasteiger partial charge in [-0.1, -0.05) is 27.7 Å². The predicted molar refractivity (Wildman–Crippen MR) is 101 cm³/mol. The van der Waals surface area contributed by atoms with Crippen LogP contribution in [0, 0.1) is 0 Å². The fourth-order valence-corrected chi connectivity index (χ4v) is 2.18. The molecule has 2 rings (SSSR count). The van der Waals surface area contributed by atoms with Gasteiger partial charge in [-0.2, -0.15) is 0 Å². The molecular weight excluding hydrogens is 326 g/mol. The Morgan fingerprint density at radius 1 is 1.12 bits per heavy atom. The maximum absolute atomic E-state index is 13.3. The highest BCUT2D eigenvalue weighted by Crippen LogP contribution is 2.19. The number of anilines is 1. The minimum atomic E-state index is -2.88. The third kappa shape index (κ3) is 8.97. The quantitative estimate of drug-likeness (QED) is 0.844. The number of aromatic nitrogens is 1. The second-order valence-corrected chi connectivity index (χ2v) is 5.32. The van der Waals surface area contributed by atoms with Crippen LogP contribution in [0.1, 0.15) is 27.7 Å². The van der Waals surface area contributed by atoms with Gasteiger partial charge in [-0.3, -0.25) is 0 Å². The van der Waals surface area contributed by atoms with E-state index in [1.165, 1.54) is 13.2 Å². The summed E-state index contributed by atoms with van der Waals surface area (Å²) in [6, 6.07) is 3.51. The number of pyridine rings is 1. The maximum Gasteiger partial charge on any atom is 0.293 e. The van der Waals surface area contributed by atoms with Crippen LogP contribution >= 0.6 is 0 Å². The Kier molecular flexibility index (Phi) is 12.1. The average molecular weight is 360 g/mol. The van der Waals surface area contributed by atoms with Gasteiger partial charge in [0.1, 0.15) is 11.6 Å². The van der Waals surface area contributed by atoms with E-state index in [0.717, 1.165) is 32.0 Å². The van der Waals surface area contributed by atoms with Gasteiger partial charge < -0.3 is 19.9 Å². The SMILES string of the molecule is CC.CC.CNCC(F)(F)COc1ccc(N2CCN(C)CC2)nc1. The van der Waals surface area contributed by atoms with Crippen molar-refractivity contribution < 1.29 is 13.5 Å². The fourth-order valence-electron chi connectivity index (χ4n) is 2.18. The number of hydrogen-bond acceptors (Lipinski definition) is 5. The molecule has 25 heavy (non-hydrogen) atoms. The molecule has 0 atom stereocenters. The summed E-state index contributed by atoms with van der Waals surface area (Å²) in [5.41, 5.74) is 0. The van der Waals surface area contributed by atoms with E-state index in [-0.39, 0.29) is 0 Å². The first kappa shape index (κ1) is 23.5. The maximum atomic E-state index is 13.3. The topological polar surface area (TPSA) is 40.6 Å². The third-order valence-corrected chi connectivity index (χ3v) is 3.43. The summed E-state index contributed by atoms with van der Waals surface area (Å²) >= 11 is 0. The number of alkyl halides is 2. The molecule has 1 aliphatic heterocycles. The molecule has 1 fully saturated rings. The summed E-state index contributed by atoms with van der Waals surface area (Å²) in [5.74, 6) is -1.66. The summed E-state index contributed by atoms with van der Waals surface area (Å²) in [6.45, 7) is 10.8. The Labute approximate surface area is 151 Å². The van der Waals surface area contributed by atoms with Crippen molar-refractivity contribution in [3.05, 3.63) is 18.3 Å². The average Bonchev–Trinajstić information content (AvgIpc) is 2.65. The normalized spacial score (nSPS) is 14.8. The zero-order chi connectivity index (χ0) is 19.3. The Bertz CT molecular complexity index is 435. The van der Waals surface area contributed by atoms with Gasteiger partial charge in [0.05, 0.1) is 12.7 Å². The Balaban J connectivity index is 0.00000134. The lowest BCUT2D eigenvalue weighted by molar-refractivity contribution is -0.0375. The minimum Gasteiger partial charge on any atom is -0.486 e. The molecule has 0 spiro atoms. The molecule has 5 nitrogen and oxygen atoms in total. The monoisotopic (exact) mass is 360 g/mol. The number of likely N-dealkylation sites (N-methyl/N-ethyl adjacent to an activating group) is 1. The van der Waals surface area contributed by atoms with Gasteiger partial charge in [0, 0.05) is 26.2 Å². The highest BCUT2D eigenvalue weighted by molar-refractivity contribution is 5.41. The van der Waals surface area contributed by atoms with E-state index in [2.05, 4.69) is 27.1 Å². The van der Waals surface area contributed by atoms with E-state index in [0.29, 0.717) is 5.75 Å². The van der Waals surface area contributed by atoms with Crippen molar-refractivity contribution in [2.75, 3.05) is 58.3 Å². The molecule has 0 unspecified atom stereocenters. The van der Waals surface area contributed by atoms with Crippen molar-refractivity contribution in [3.63, 3.8) is 0 Å². The second-order valence-electron chi connectivity index (χ2n) is 5.32. The number of hydrogen-bond donors (Lipinski definition) is 1. The van der Waals surface area contributed by atoms with Gasteiger partial charge >= 0.3 is 0 Å². The van der Waals surface area contributed by atoms with Crippen molar-refractivity contribution in [2.45, 2.75) is 33.6 Å². The number of piperazine rings is 1. The molecule has 2 heterocycles. The van der Waals surface area contributed by atoms with E-state index in [9.17, 15) is 8.78 Å². The second kappa shape index (κ2) is 12.8. The van der Waals surface area contributed by atoms with E-state index in [1.54, 1.807) is 6.07 Å². The minimum absolute atomic E-state index is 0.364. The molecule has 0 aromatic carbocycles. The number of nitrogens with zero attached hydrogens (tertiary/aromatic N) is 3. The van der Waals surface area contributed by atoms with Gasteiger partial charge in [-0.05, 0) is 26.2 Å². The van der Waals surface area contributed by atoms with Crippen LogP contribution in [0.4, 0.5) is 14.6 Å². The molecule has 146 valence electrons. The van der Waals surface area contributed by atoms with E-state index < -0.39 is 19.1 Å². The molecule has 1 saturated heterocycles. The molecule has 0 saturated carbocycles. The van der Waals surface area contributed by atoms with Crippen LogP contribution < -0.4 is 15.0 Å². The van der Waals surface area contributed by atoms with Gasteiger partial charge in [-0.15, -0.1) is 0 Å². The zero-order valence-electron chi connectivity index (χ0n) is 16.5. The molecular formula is C18H34F2N4O. The number of nitrogens with one attached hydrogen (secondary N) is 1. The molecule has 0 bridgehead atoms. The van der Waals surface area contributed by atoms with Crippen LogP contribution in [0.3, 0.4) is 0 Å². The Hall–Kier alpha value is -1.47. The summed E-state index contributed by atoms with van der Waals surface area (Å²) in [7, 11) is 3.58. The van der Waals surface area contributed by atoms with E-state index in [4.69, 9.17) is 4.74 Å². The van der Waals surface area contributed by atoms with Crippen molar-refractivity contribution in [1.82, 2.24) is 15.2 Å². The zero-order valence-corrected chi connectivity index (χ0v) is 16.5. The highest BCUT2D eigenvalue weighted by Gasteiger charge is 2.29. The largest absolute Gasteiger partial charge is 0.486 e. The van der Waals surface area contributed by atoms with Crippen LogP contribution in [0.5, 0.6) is 5.75 Å². The lowest BCUT2D eigenvalue weighted by atomic mass is 10.3. The van der Waals surface area contributed by atoms with E-state index in [1.807, 2.05) is 33.8 Å². The molecule has 0 radical (unpaired) electrons. The molecule has 1 aromatic rings. The van der Waals surface area contributed by atoms with Gasteiger partial charge in [0.2, 0.25) is 0 Å². The summed E-state index contributed by atoms with van der Waals surface area (Å²) in [5, 5.41) is 2.44. The number of halogens is 2. The lowest BCUT2D eigenvalue weighted by Gasteiger charge is -2.33. The van der Waals surface area contributed by atoms with Crippen LogP contribution in [-0.2, 0) is 0 Å². The van der Waals surface area contributed by atoms with Crippen LogP contribution in [0.15, 0.2) is 18.3 Å². The summed E-state index contributed by atoms with van der Waals surface area (Å²) < 4.78 is 31.7. The first-order valence-corrected chi connectivity index (χ1v) is 9.05. The lowest BCUT2D eigenvalue weighted by Crippen LogP contribution is -2.44. The van der Waals surface area contributed by atoms with Crippen molar-refractivity contribution in [2.24, 2.45) is 0 Å². The molecule has 0 aliphatic carbocycles. The van der Waals surface area contributed by atoms with Gasteiger partial charge in [0.25, 0.3) is 5.92 Å². The van der Waals surface area contributed by atoms with Gasteiger partial charge in [0.15, 0.2) is 6.61 Å². The van der Waals surface area contributed by atoms with Crippen LogP contribution in [0.2, 0.25) is 0 Å². The molecule has 7 heteroatoms. The van der Waals surface area contributed by atoms with Crippen LogP contribution in [-0.4, -0.2) is 69.2 Å². The number of ether oxygens (including phenoxy) is 1. The summed E-state index contributed by atoms with van der Waals surface area (Å²) in [4.78, 5) is 8.74. The first-order chi connectivity index (χ1) is 12.0. The predicted octanol–water partition coefficient (Wildman–Crippen LogP) is 3.12. The van der Waals surface area contributed by atoms with Crippen molar-refractivity contribution in [1.29, 1.82) is 0 Å². The molecule has 1 aromatic heterocycles. The molecule has 1 aliphatic rings. The Morgan fingerprint density at radius 3 is 2.20 bits per heavy atom. The third-order valence-electron chi connectivity index (χ3n) is 3.43. The van der Waals surface area contributed by atoms with E-state index >= 15 is 0 Å². The summed E-state index contributed by atoms with van der Waals surface area (Å²) in [6.07, 6.45) is 1.50. The first-order valence-electron chi connectivity index (χ1n) is 9.05. The number of rotatable bonds is 6. The smallest absolute Gasteiger partial charge is 0.293 e. The Morgan fingerprint density at radius 2 is 1.72 bits per heavy atom. The van der Waals surface area contributed by atoms with Crippen molar-refractivity contribution >= 4 is 5.82 Å². The fraction of sp³-hybridized carbons (Fsp3) is 0.722. The van der Waals surface area contributed by atoms with Crippen molar-refractivity contribution in [3.8, 4) is 5.75 Å². The standard InChI is InChI=1S/C14H22F2N4O.2C2H6/c1-17-10-14(15,16)11-21-12-3-4-13(18-9-12)20-7-5-19(2)6-8-20;2*1-2/h3-4,9,17H,5-8,10-11H2,1-2H3;2*1-2H3. The van der Waals surface area contributed by atoms with Gasteiger partial charge in [-0.25, -0.2) is 13.8 Å². The molecule has 1 N–H and O–H groups in total. The highest BCUT2D eigenvalue weighted by atomic mass is 19.3. The van der Waals surface area contributed by atoms with Crippen LogP contribution in [0.25, 0.3) is 0 Å².